The van der Waals surface area contributed by atoms with E-state index in [2.05, 4.69) is 5.32 Å². The van der Waals surface area contributed by atoms with Crippen molar-refractivity contribution >= 4 is 11.6 Å². The molecular weight excluding hydrogens is 312 g/mol. The summed E-state index contributed by atoms with van der Waals surface area (Å²) in [6.07, 6.45) is 1.65. The average Bonchev–Trinajstić information content (AvgIpc) is 3.17. The molecule has 128 valence electrons. The number of anilines is 1. The van der Waals surface area contributed by atoms with Gasteiger partial charge in [-0.2, -0.15) is 0 Å². The lowest BCUT2D eigenvalue weighted by Gasteiger charge is -2.16. The molecule has 0 aliphatic rings. The van der Waals surface area contributed by atoms with Crippen molar-refractivity contribution in [3.63, 3.8) is 0 Å². The molecule has 1 heterocycles. The van der Waals surface area contributed by atoms with E-state index in [-0.39, 0.29) is 18.0 Å². The van der Waals surface area contributed by atoms with Gasteiger partial charge in [0.15, 0.2) is 11.8 Å². The molecule has 0 radical (unpaired) electrons. The molecule has 0 saturated heterocycles. The van der Waals surface area contributed by atoms with Gasteiger partial charge in [0, 0.05) is 11.3 Å². The van der Waals surface area contributed by atoms with Gasteiger partial charge >= 0.3 is 0 Å². The Morgan fingerprint density at radius 3 is 2.40 bits per heavy atom. The lowest BCUT2D eigenvalue weighted by atomic mass is 10.0. The smallest absolute Gasteiger partial charge is 0.282 e. The van der Waals surface area contributed by atoms with Crippen LogP contribution in [0.2, 0.25) is 0 Å². The number of para-hydroxylation sites is 1. The first kappa shape index (κ1) is 17.0. The maximum atomic E-state index is 12.6. The molecule has 0 aliphatic carbocycles. The number of nitrogens with two attached hydrogens (primary N) is 1. The van der Waals surface area contributed by atoms with E-state index < -0.39 is 0 Å². The van der Waals surface area contributed by atoms with Crippen LogP contribution in [-0.4, -0.2) is 11.9 Å². The Balaban J connectivity index is 1.71. The number of carbonyl (C=O) groups excluding carboxylic acids is 1. The zero-order chi connectivity index (χ0) is 17.6. The molecule has 25 heavy (non-hydrogen) atoms. The average molecular weight is 335 g/mol. The summed E-state index contributed by atoms with van der Waals surface area (Å²) in [6, 6.07) is 21.6. The number of carbonyl (C=O) groups is 1. The SMILES string of the molecule is C[C@H]([NH2+][C@H](C)C(=O)Nc1ccccc1-c1ccccc1)c1ccco1. The van der Waals surface area contributed by atoms with Gasteiger partial charge in [-0.05, 0) is 37.6 Å². The van der Waals surface area contributed by atoms with Crippen molar-refractivity contribution in [2.75, 3.05) is 5.32 Å². The van der Waals surface area contributed by atoms with Crippen LogP contribution in [0.5, 0.6) is 0 Å². The predicted octanol–water partition coefficient (Wildman–Crippen LogP) is 3.60. The van der Waals surface area contributed by atoms with E-state index >= 15 is 0 Å². The molecule has 0 saturated carbocycles. The number of benzene rings is 2. The molecule has 0 bridgehead atoms. The predicted molar refractivity (Wildman–Crippen MR) is 99.0 cm³/mol. The molecule has 0 spiro atoms. The van der Waals surface area contributed by atoms with Crippen molar-refractivity contribution in [3.8, 4) is 11.1 Å². The Morgan fingerprint density at radius 1 is 0.960 bits per heavy atom. The molecule has 2 atom stereocenters. The third-order valence-electron chi connectivity index (χ3n) is 4.25. The van der Waals surface area contributed by atoms with Gasteiger partial charge < -0.3 is 15.1 Å². The molecule has 4 nitrogen and oxygen atoms in total. The van der Waals surface area contributed by atoms with Gasteiger partial charge in [0.05, 0.1) is 6.26 Å². The Kier molecular flexibility index (Phi) is 5.31. The fraction of sp³-hybridized carbons (Fsp3) is 0.190. The van der Waals surface area contributed by atoms with Crippen LogP contribution in [0.15, 0.2) is 77.4 Å². The first-order valence-electron chi connectivity index (χ1n) is 8.49. The van der Waals surface area contributed by atoms with Gasteiger partial charge in [-0.1, -0.05) is 48.5 Å². The fourth-order valence-corrected chi connectivity index (χ4v) is 2.87. The van der Waals surface area contributed by atoms with Crippen molar-refractivity contribution in [2.45, 2.75) is 25.9 Å². The Labute approximate surface area is 147 Å². The van der Waals surface area contributed by atoms with Crippen LogP contribution in [0.25, 0.3) is 11.1 Å². The van der Waals surface area contributed by atoms with Gasteiger partial charge in [-0.15, -0.1) is 0 Å². The van der Waals surface area contributed by atoms with Crippen LogP contribution in [0.4, 0.5) is 5.69 Å². The summed E-state index contributed by atoms with van der Waals surface area (Å²) in [5.41, 5.74) is 2.92. The summed E-state index contributed by atoms with van der Waals surface area (Å²) in [4.78, 5) is 12.6. The molecule has 4 heteroatoms. The highest BCUT2D eigenvalue weighted by Gasteiger charge is 2.22. The summed E-state index contributed by atoms with van der Waals surface area (Å²) < 4.78 is 5.41. The van der Waals surface area contributed by atoms with E-state index in [0.717, 1.165) is 22.6 Å². The Bertz CT molecular complexity index is 813. The maximum absolute atomic E-state index is 12.6. The van der Waals surface area contributed by atoms with E-state index in [1.54, 1.807) is 6.26 Å². The van der Waals surface area contributed by atoms with Crippen molar-refractivity contribution in [1.29, 1.82) is 0 Å². The topological polar surface area (TPSA) is 58.9 Å². The van der Waals surface area contributed by atoms with E-state index in [1.807, 2.05) is 85.9 Å². The van der Waals surface area contributed by atoms with Gasteiger partial charge in [0.25, 0.3) is 5.91 Å². The molecule has 1 amide bonds. The van der Waals surface area contributed by atoms with Crippen LogP contribution in [0, 0.1) is 0 Å². The normalized spacial score (nSPS) is 13.2. The summed E-state index contributed by atoms with van der Waals surface area (Å²) in [5.74, 6) is 0.839. The first-order valence-corrected chi connectivity index (χ1v) is 8.49. The minimum absolute atomic E-state index is 0.0261. The third kappa shape index (κ3) is 4.17. The van der Waals surface area contributed by atoms with Crippen molar-refractivity contribution in [2.24, 2.45) is 0 Å². The van der Waals surface area contributed by atoms with Crippen LogP contribution >= 0.6 is 0 Å². The van der Waals surface area contributed by atoms with E-state index in [9.17, 15) is 4.79 Å². The van der Waals surface area contributed by atoms with Gasteiger partial charge in [-0.3, -0.25) is 4.79 Å². The van der Waals surface area contributed by atoms with Crippen LogP contribution < -0.4 is 10.6 Å². The molecule has 0 unspecified atom stereocenters. The molecule has 3 rings (SSSR count). The summed E-state index contributed by atoms with van der Waals surface area (Å²) >= 11 is 0. The summed E-state index contributed by atoms with van der Waals surface area (Å²) in [5, 5.41) is 5.06. The van der Waals surface area contributed by atoms with E-state index in [4.69, 9.17) is 4.42 Å². The minimum atomic E-state index is -0.232. The number of hydrogen-bond donors (Lipinski definition) is 2. The van der Waals surface area contributed by atoms with Gasteiger partial charge in [-0.25, -0.2) is 0 Å². The zero-order valence-corrected chi connectivity index (χ0v) is 14.5. The second kappa shape index (κ2) is 7.81. The number of hydrogen-bond acceptors (Lipinski definition) is 2. The third-order valence-corrected chi connectivity index (χ3v) is 4.25. The van der Waals surface area contributed by atoms with Crippen molar-refractivity contribution in [3.05, 3.63) is 78.8 Å². The van der Waals surface area contributed by atoms with Crippen molar-refractivity contribution < 1.29 is 14.5 Å². The molecular formula is C21H23N2O2+. The second-order valence-corrected chi connectivity index (χ2v) is 6.19. The first-order chi connectivity index (χ1) is 12.1. The number of rotatable bonds is 6. The fourth-order valence-electron chi connectivity index (χ4n) is 2.87. The molecule has 0 aliphatic heterocycles. The van der Waals surface area contributed by atoms with Gasteiger partial charge in [0.2, 0.25) is 0 Å². The highest BCUT2D eigenvalue weighted by molar-refractivity contribution is 5.97. The summed E-state index contributed by atoms with van der Waals surface area (Å²) in [7, 11) is 0. The van der Waals surface area contributed by atoms with Gasteiger partial charge in [0.1, 0.15) is 6.04 Å². The highest BCUT2D eigenvalue weighted by atomic mass is 16.3. The molecule has 1 aromatic heterocycles. The van der Waals surface area contributed by atoms with E-state index in [1.165, 1.54) is 0 Å². The number of nitrogens with one attached hydrogen (secondary N) is 1. The quantitative estimate of drug-likeness (QED) is 0.723. The molecule has 3 N–H and O–H groups in total. The van der Waals surface area contributed by atoms with E-state index in [0.29, 0.717) is 0 Å². The van der Waals surface area contributed by atoms with Crippen LogP contribution in [0.3, 0.4) is 0 Å². The number of amides is 1. The summed E-state index contributed by atoms with van der Waals surface area (Å²) in [6.45, 7) is 3.93. The molecule has 2 aromatic carbocycles. The number of quaternary nitrogens is 1. The van der Waals surface area contributed by atoms with Crippen LogP contribution in [0.1, 0.15) is 25.6 Å². The van der Waals surface area contributed by atoms with Crippen LogP contribution in [-0.2, 0) is 4.79 Å². The lowest BCUT2D eigenvalue weighted by molar-refractivity contribution is -0.711. The maximum Gasteiger partial charge on any atom is 0.282 e. The standard InChI is InChI=1S/C21H22N2O2/c1-15(20-13-8-14-25-20)22-16(2)21(24)23-19-12-7-6-11-18(19)17-9-4-3-5-10-17/h3-16,22H,1-2H3,(H,23,24)/p+1/t15-,16+/m0/s1. The zero-order valence-electron chi connectivity index (χ0n) is 14.5. The highest BCUT2D eigenvalue weighted by Crippen LogP contribution is 2.27. The molecule has 3 aromatic rings. The molecule has 0 fully saturated rings. The minimum Gasteiger partial charge on any atom is -0.463 e. The lowest BCUT2D eigenvalue weighted by Crippen LogP contribution is -2.91. The monoisotopic (exact) mass is 335 g/mol. The number of furan rings is 1. The van der Waals surface area contributed by atoms with Crippen molar-refractivity contribution in [1.82, 2.24) is 0 Å². The Hall–Kier alpha value is -2.85. The largest absolute Gasteiger partial charge is 0.463 e. The second-order valence-electron chi connectivity index (χ2n) is 6.19. The Morgan fingerprint density at radius 2 is 1.68 bits per heavy atom.